The quantitative estimate of drug-likeness (QED) is 0.798. The van der Waals surface area contributed by atoms with Crippen molar-refractivity contribution in [3.05, 3.63) is 45.9 Å². The fraction of sp³-hybridized carbons (Fsp3) is 0.0909. The SMILES string of the molecule is Clc1cc(NCc2nnsc2Cl)ccc1-n1cncn1. The van der Waals surface area contributed by atoms with Crippen LogP contribution in [0.4, 0.5) is 5.69 Å². The highest BCUT2D eigenvalue weighted by Crippen LogP contribution is 2.24. The Morgan fingerprint density at radius 1 is 1.30 bits per heavy atom. The summed E-state index contributed by atoms with van der Waals surface area (Å²) in [6.07, 6.45) is 3.05. The fourth-order valence-corrected chi connectivity index (χ4v) is 2.52. The first-order valence-corrected chi connectivity index (χ1v) is 7.12. The summed E-state index contributed by atoms with van der Waals surface area (Å²) in [5, 5.41) is 11.7. The van der Waals surface area contributed by atoms with Gasteiger partial charge in [0.1, 0.15) is 22.7 Å². The molecule has 0 unspecified atom stereocenters. The van der Waals surface area contributed by atoms with Crippen molar-refractivity contribution in [1.29, 1.82) is 0 Å². The topological polar surface area (TPSA) is 68.5 Å². The summed E-state index contributed by atoms with van der Waals surface area (Å²) in [6, 6.07) is 5.57. The second-order valence-corrected chi connectivity index (χ2v) is 5.62. The maximum Gasteiger partial charge on any atom is 0.139 e. The van der Waals surface area contributed by atoms with Gasteiger partial charge in [-0.1, -0.05) is 27.7 Å². The summed E-state index contributed by atoms with van der Waals surface area (Å²) in [4.78, 5) is 3.89. The molecule has 1 aromatic carbocycles. The molecule has 0 aliphatic heterocycles. The van der Waals surface area contributed by atoms with E-state index in [9.17, 15) is 0 Å². The Morgan fingerprint density at radius 2 is 2.20 bits per heavy atom. The summed E-state index contributed by atoms with van der Waals surface area (Å²) in [7, 11) is 0. The van der Waals surface area contributed by atoms with E-state index in [0.717, 1.165) is 22.9 Å². The molecular formula is C11H8Cl2N6S. The Labute approximate surface area is 128 Å². The van der Waals surface area contributed by atoms with E-state index in [0.29, 0.717) is 21.6 Å². The van der Waals surface area contributed by atoms with Crippen molar-refractivity contribution in [2.75, 3.05) is 5.32 Å². The first kappa shape index (κ1) is 13.3. The number of hydrogen-bond acceptors (Lipinski definition) is 6. The van der Waals surface area contributed by atoms with Crippen molar-refractivity contribution in [2.45, 2.75) is 6.54 Å². The van der Waals surface area contributed by atoms with Crippen LogP contribution >= 0.6 is 34.7 Å². The Hall–Kier alpha value is -1.70. The molecule has 0 radical (unpaired) electrons. The molecule has 2 aromatic heterocycles. The smallest absolute Gasteiger partial charge is 0.139 e. The number of aromatic nitrogens is 5. The van der Waals surface area contributed by atoms with Gasteiger partial charge in [0.15, 0.2) is 0 Å². The van der Waals surface area contributed by atoms with Crippen LogP contribution in [0.25, 0.3) is 5.69 Å². The van der Waals surface area contributed by atoms with Crippen molar-refractivity contribution < 1.29 is 0 Å². The third kappa shape index (κ3) is 2.74. The molecule has 0 bridgehead atoms. The van der Waals surface area contributed by atoms with Gasteiger partial charge in [0, 0.05) is 17.2 Å². The van der Waals surface area contributed by atoms with Crippen LogP contribution in [0.5, 0.6) is 0 Å². The van der Waals surface area contributed by atoms with Crippen LogP contribution in [0.15, 0.2) is 30.9 Å². The number of anilines is 1. The van der Waals surface area contributed by atoms with Crippen molar-refractivity contribution >= 4 is 40.4 Å². The van der Waals surface area contributed by atoms with Gasteiger partial charge in [0.2, 0.25) is 0 Å². The van der Waals surface area contributed by atoms with Crippen LogP contribution in [-0.4, -0.2) is 24.4 Å². The van der Waals surface area contributed by atoms with Gasteiger partial charge in [-0.05, 0) is 18.2 Å². The van der Waals surface area contributed by atoms with Crippen LogP contribution in [0.2, 0.25) is 9.36 Å². The highest BCUT2D eigenvalue weighted by Gasteiger charge is 2.07. The van der Waals surface area contributed by atoms with E-state index in [1.807, 2.05) is 18.2 Å². The first-order chi connectivity index (χ1) is 9.74. The van der Waals surface area contributed by atoms with Crippen molar-refractivity contribution in [3.8, 4) is 5.69 Å². The largest absolute Gasteiger partial charge is 0.379 e. The third-order valence-electron chi connectivity index (χ3n) is 2.58. The van der Waals surface area contributed by atoms with E-state index in [1.54, 1.807) is 11.0 Å². The molecule has 0 saturated carbocycles. The highest BCUT2D eigenvalue weighted by atomic mass is 35.5. The Kier molecular flexibility index (Phi) is 3.81. The van der Waals surface area contributed by atoms with Gasteiger partial charge in [-0.2, -0.15) is 5.10 Å². The van der Waals surface area contributed by atoms with Gasteiger partial charge in [-0.25, -0.2) is 9.67 Å². The third-order valence-corrected chi connectivity index (χ3v) is 3.87. The molecule has 0 aliphatic rings. The van der Waals surface area contributed by atoms with E-state index in [1.165, 1.54) is 6.33 Å². The van der Waals surface area contributed by atoms with Gasteiger partial charge in [0.05, 0.1) is 17.3 Å². The summed E-state index contributed by atoms with van der Waals surface area (Å²) in [5.74, 6) is 0. The minimum atomic E-state index is 0.494. The zero-order valence-electron chi connectivity index (χ0n) is 9.99. The molecular weight excluding hydrogens is 319 g/mol. The molecule has 3 aromatic rings. The second kappa shape index (κ2) is 5.74. The van der Waals surface area contributed by atoms with E-state index in [2.05, 4.69) is 25.0 Å². The van der Waals surface area contributed by atoms with Gasteiger partial charge >= 0.3 is 0 Å². The molecule has 0 saturated heterocycles. The lowest BCUT2D eigenvalue weighted by Crippen LogP contribution is -2.01. The predicted molar refractivity (Wildman–Crippen MR) is 78.6 cm³/mol. The van der Waals surface area contributed by atoms with Crippen LogP contribution in [0.3, 0.4) is 0 Å². The van der Waals surface area contributed by atoms with Gasteiger partial charge in [0.25, 0.3) is 0 Å². The lowest BCUT2D eigenvalue weighted by Gasteiger charge is -2.08. The minimum absolute atomic E-state index is 0.494. The minimum Gasteiger partial charge on any atom is -0.379 e. The maximum absolute atomic E-state index is 6.23. The number of nitrogens with zero attached hydrogens (tertiary/aromatic N) is 5. The van der Waals surface area contributed by atoms with Crippen LogP contribution in [0, 0.1) is 0 Å². The molecule has 0 spiro atoms. The zero-order chi connectivity index (χ0) is 13.9. The molecule has 2 heterocycles. The zero-order valence-corrected chi connectivity index (χ0v) is 12.3. The fourth-order valence-electron chi connectivity index (χ4n) is 1.62. The molecule has 0 aliphatic carbocycles. The molecule has 9 heteroatoms. The van der Waals surface area contributed by atoms with Crippen molar-refractivity contribution in [1.82, 2.24) is 24.4 Å². The van der Waals surface area contributed by atoms with Crippen molar-refractivity contribution in [2.24, 2.45) is 0 Å². The van der Waals surface area contributed by atoms with Crippen LogP contribution in [0.1, 0.15) is 5.69 Å². The van der Waals surface area contributed by atoms with E-state index >= 15 is 0 Å². The van der Waals surface area contributed by atoms with E-state index in [-0.39, 0.29) is 0 Å². The molecule has 1 N–H and O–H groups in total. The molecule has 20 heavy (non-hydrogen) atoms. The molecule has 6 nitrogen and oxygen atoms in total. The van der Waals surface area contributed by atoms with Crippen molar-refractivity contribution in [3.63, 3.8) is 0 Å². The highest BCUT2D eigenvalue weighted by molar-refractivity contribution is 7.10. The Morgan fingerprint density at radius 3 is 2.85 bits per heavy atom. The Balaban J connectivity index is 1.76. The van der Waals surface area contributed by atoms with Crippen LogP contribution < -0.4 is 5.32 Å². The van der Waals surface area contributed by atoms with Gasteiger partial charge in [-0.3, -0.25) is 0 Å². The average Bonchev–Trinajstić information content (AvgIpc) is 3.08. The number of rotatable bonds is 4. The van der Waals surface area contributed by atoms with Crippen LogP contribution in [-0.2, 0) is 6.54 Å². The number of hydrogen-bond donors (Lipinski definition) is 1. The standard InChI is InChI=1S/C11H8Cl2N6S/c12-8-3-7(15-4-9-11(13)20-18-17-9)1-2-10(8)19-6-14-5-16-19/h1-3,5-6,15H,4H2. The molecule has 0 amide bonds. The molecule has 102 valence electrons. The normalized spacial score (nSPS) is 10.7. The summed E-state index contributed by atoms with van der Waals surface area (Å²) < 4.78 is 5.96. The summed E-state index contributed by atoms with van der Waals surface area (Å²) >= 11 is 13.3. The lowest BCUT2D eigenvalue weighted by atomic mass is 10.2. The number of halogens is 2. The maximum atomic E-state index is 6.23. The molecule has 3 rings (SSSR count). The van der Waals surface area contributed by atoms with Gasteiger partial charge < -0.3 is 5.32 Å². The van der Waals surface area contributed by atoms with Gasteiger partial charge in [-0.15, -0.1) is 5.10 Å². The number of nitrogens with one attached hydrogen (secondary N) is 1. The Bertz CT molecular complexity index is 712. The van der Waals surface area contributed by atoms with E-state index < -0.39 is 0 Å². The predicted octanol–water partition coefficient (Wildman–Crippen LogP) is 3.04. The summed E-state index contributed by atoms with van der Waals surface area (Å²) in [5.41, 5.74) is 2.35. The number of benzene rings is 1. The van der Waals surface area contributed by atoms with E-state index in [4.69, 9.17) is 23.2 Å². The average molecular weight is 327 g/mol. The summed E-state index contributed by atoms with van der Waals surface area (Å²) in [6.45, 7) is 0.494. The first-order valence-electron chi connectivity index (χ1n) is 5.59. The monoisotopic (exact) mass is 326 g/mol. The lowest BCUT2D eigenvalue weighted by molar-refractivity contribution is 0.879. The second-order valence-electron chi connectivity index (χ2n) is 3.85. The molecule has 0 atom stereocenters. The molecule has 0 fully saturated rings.